The number of hydrogen-bond donors (Lipinski definition) is 2. The van der Waals surface area contributed by atoms with Crippen molar-refractivity contribution in [2.45, 2.75) is 44.9 Å². The number of aryl methyl sites for hydroxylation is 2. The summed E-state index contributed by atoms with van der Waals surface area (Å²) in [4.78, 5) is 20.2. The van der Waals surface area contributed by atoms with Gasteiger partial charge in [0.2, 0.25) is 0 Å². The highest BCUT2D eigenvalue weighted by molar-refractivity contribution is 7.11. The van der Waals surface area contributed by atoms with Crippen molar-refractivity contribution in [2.24, 2.45) is 0 Å². The SMILES string of the molecule is O=C(NCc1nc2c(s1)CCCC2)N1Cc2ccccc2C(O)C1. The summed E-state index contributed by atoms with van der Waals surface area (Å²) in [6.45, 7) is 1.33. The number of β-amino-alcohol motifs (C(OH)–C–C–N with tert-alkyl or cyclic N) is 1. The van der Waals surface area contributed by atoms with Crippen LogP contribution in [0.1, 0.15) is 45.7 Å². The molecule has 2 aromatic rings. The third-order valence-corrected chi connectivity index (χ3v) is 5.89. The highest BCUT2D eigenvalue weighted by Crippen LogP contribution is 2.28. The molecule has 2 amide bonds. The van der Waals surface area contributed by atoms with Gasteiger partial charge in [0, 0.05) is 11.4 Å². The maximum Gasteiger partial charge on any atom is 0.318 e. The number of amides is 2. The molecule has 2 N–H and O–H groups in total. The van der Waals surface area contributed by atoms with E-state index in [1.807, 2.05) is 24.3 Å². The number of nitrogens with one attached hydrogen (secondary N) is 1. The zero-order valence-electron chi connectivity index (χ0n) is 13.5. The number of benzene rings is 1. The van der Waals surface area contributed by atoms with Crippen LogP contribution in [0.5, 0.6) is 0 Å². The summed E-state index contributed by atoms with van der Waals surface area (Å²) >= 11 is 1.72. The van der Waals surface area contributed by atoms with Crippen molar-refractivity contribution in [1.82, 2.24) is 15.2 Å². The number of aliphatic hydroxyl groups is 1. The fraction of sp³-hybridized carbons (Fsp3) is 0.444. The van der Waals surface area contributed by atoms with Gasteiger partial charge in [-0.25, -0.2) is 9.78 Å². The molecule has 1 atom stereocenters. The van der Waals surface area contributed by atoms with Gasteiger partial charge in [0.15, 0.2) is 0 Å². The third-order valence-electron chi connectivity index (χ3n) is 4.74. The first-order valence-corrected chi connectivity index (χ1v) is 9.28. The van der Waals surface area contributed by atoms with Crippen LogP contribution < -0.4 is 5.32 Å². The Morgan fingerprint density at radius 2 is 2.17 bits per heavy atom. The van der Waals surface area contributed by atoms with Gasteiger partial charge in [0.25, 0.3) is 0 Å². The molecule has 1 unspecified atom stereocenters. The summed E-state index contributed by atoms with van der Waals surface area (Å²) < 4.78 is 0. The molecule has 5 nitrogen and oxygen atoms in total. The number of fused-ring (bicyclic) bond motifs is 2. The fourth-order valence-electron chi connectivity index (χ4n) is 3.48. The molecule has 0 spiro atoms. The summed E-state index contributed by atoms with van der Waals surface area (Å²) in [7, 11) is 0. The zero-order valence-corrected chi connectivity index (χ0v) is 14.3. The summed E-state index contributed by atoms with van der Waals surface area (Å²) in [5.41, 5.74) is 3.16. The van der Waals surface area contributed by atoms with E-state index in [1.54, 1.807) is 16.2 Å². The first-order valence-electron chi connectivity index (χ1n) is 8.47. The van der Waals surface area contributed by atoms with Crippen LogP contribution in [-0.2, 0) is 25.9 Å². The first-order chi connectivity index (χ1) is 11.7. The molecule has 1 aliphatic heterocycles. The van der Waals surface area contributed by atoms with E-state index >= 15 is 0 Å². The quantitative estimate of drug-likeness (QED) is 0.881. The van der Waals surface area contributed by atoms with Crippen molar-refractivity contribution in [3.63, 3.8) is 0 Å². The Bertz CT molecular complexity index is 735. The van der Waals surface area contributed by atoms with Crippen molar-refractivity contribution in [3.8, 4) is 0 Å². The number of aliphatic hydroxyl groups excluding tert-OH is 1. The van der Waals surface area contributed by atoms with Crippen molar-refractivity contribution >= 4 is 17.4 Å². The monoisotopic (exact) mass is 343 g/mol. The van der Waals surface area contributed by atoms with Crippen LogP contribution in [0.4, 0.5) is 4.79 Å². The third kappa shape index (κ3) is 3.03. The van der Waals surface area contributed by atoms with Gasteiger partial charge < -0.3 is 15.3 Å². The van der Waals surface area contributed by atoms with Gasteiger partial charge in [0.05, 0.1) is 24.9 Å². The van der Waals surface area contributed by atoms with Gasteiger partial charge in [-0.15, -0.1) is 11.3 Å². The number of carbonyl (C=O) groups excluding carboxylic acids is 1. The summed E-state index contributed by atoms with van der Waals surface area (Å²) in [5, 5.41) is 14.2. The number of thiazole rings is 1. The van der Waals surface area contributed by atoms with Crippen molar-refractivity contribution in [2.75, 3.05) is 6.54 Å². The first kappa shape index (κ1) is 15.6. The minimum atomic E-state index is -0.618. The van der Waals surface area contributed by atoms with E-state index < -0.39 is 6.10 Å². The standard InChI is InChI=1S/C18H21N3O2S/c22-15-11-21(10-12-5-1-2-6-13(12)15)18(23)19-9-17-20-14-7-3-4-8-16(14)24-17/h1-2,5-6,15,22H,3-4,7-11H2,(H,19,23). The van der Waals surface area contributed by atoms with Crippen LogP contribution in [0.15, 0.2) is 24.3 Å². The van der Waals surface area contributed by atoms with Gasteiger partial charge in [-0.05, 0) is 36.8 Å². The molecule has 2 aliphatic rings. The Hall–Kier alpha value is -1.92. The highest BCUT2D eigenvalue weighted by atomic mass is 32.1. The summed E-state index contributed by atoms with van der Waals surface area (Å²) in [5.74, 6) is 0. The minimum Gasteiger partial charge on any atom is -0.387 e. The molecule has 0 saturated heterocycles. The van der Waals surface area contributed by atoms with Gasteiger partial charge in [-0.3, -0.25) is 0 Å². The molecule has 1 aromatic carbocycles. The Kier molecular flexibility index (Phi) is 4.24. The normalized spacial score (nSPS) is 19.5. The average molecular weight is 343 g/mol. The average Bonchev–Trinajstić information content (AvgIpc) is 3.02. The second kappa shape index (κ2) is 6.53. The number of carbonyl (C=O) groups is 1. The molecule has 0 radical (unpaired) electrons. The lowest BCUT2D eigenvalue weighted by atomic mass is 9.98. The number of hydrogen-bond acceptors (Lipinski definition) is 4. The molecule has 0 fully saturated rings. The Morgan fingerprint density at radius 3 is 3.04 bits per heavy atom. The number of aromatic nitrogens is 1. The van der Waals surface area contributed by atoms with Crippen molar-refractivity contribution in [1.29, 1.82) is 0 Å². The lowest BCUT2D eigenvalue weighted by molar-refractivity contribution is 0.104. The predicted octanol–water partition coefficient (Wildman–Crippen LogP) is 2.78. The molecule has 1 aliphatic carbocycles. The predicted molar refractivity (Wildman–Crippen MR) is 92.8 cm³/mol. The molecular weight excluding hydrogens is 322 g/mol. The van der Waals surface area contributed by atoms with E-state index in [4.69, 9.17) is 0 Å². The van der Waals surface area contributed by atoms with Crippen LogP contribution in [-0.4, -0.2) is 27.6 Å². The van der Waals surface area contributed by atoms with Crippen molar-refractivity contribution < 1.29 is 9.90 Å². The molecule has 0 saturated carbocycles. The van der Waals surface area contributed by atoms with Crippen LogP contribution >= 0.6 is 11.3 Å². The second-order valence-corrected chi connectivity index (χ2v) is 7.61. The fourth-order valence-corrected chi connectivity index (χ4v) is 4.58. The van der Waals surface area contributed by atoms with Crippen molar-refractivity contribution in [3.05, 3.63) is 51.0 Å². The van der Waals surface area contributed by atoms with Crippen LogP contribution in [0.25, 0.3) is 0 Å². The smallest absolute Gasteiger partial charge is 0.318 e. The molecule has 6 heteroatoms. The largest absolute Gasteiger partial charge is 0.387 e. The van der Waals surface area contributed by atoms with Gasteiger partial charge >= 0.3 is 6.03 Å². The maximum absolute atomic E-state index is 12.5. The van der Waals surface area contributed by atoms with E-state index in [2.05, 4.69) is 10.3 Å². The Balaban J connectivity index is 1.39. The maximum atomic E-state index is 12.5. The number of rotatable bonds is 2. The zero-order chi connectivity index (χ0) is 16.5. The lowest BCUT2D eigenvalue weighted by Crippen LogP contribution is -2.43. The van der Waals surface area contributed by atoms with E-state index in [1.165, 1.54) is 23.4 Å². The Labute approximate surface area is 145 Å². The molecule has 126 valence electrons. The summed E-state index contributed by atoms with van der Waals surface area (Å²) in [6, 6.07) is 7.61. The van der Waals surface area contributed by atoms with E-state index in [0.717, 1.165) is 29.0 Å². The molecule has 2 heterocycles. The highest BCUT2D eigenvalue weighted by Gasteiger charge is 2.26. The van der Waals surface area contributed by atoms with E-state index in [0.29, 0.717) is 19.6 Å². The van der Waals surface area contributed by atoms with Gasteiger partial charge in [0.1, 0.15) is 5.01 Å². The molecular formula is C18H21N3O2S. The minimum absolute atomic E-state index is 0.142. The second-order valence-electron chi connectivity index (χ2n) is 6.44. The van der Waals surface area contributed by atoms with E-state index in [9.17, 15) is 9.90 Å². The molecule has 4 rings (SSSR count). The number of urea groups is 1. The summed E-state index contributed by atoms with van der Waals surface area (Å²) in [6.07, 6.45) is 4.03. The van der Waals surface area contributed by atoms with Crippen LogP contribution in [0.3, 0.4) is 0 Å². The topological polar surface area (TPSA) is 65.5 Å². The molecule has 0 bridgehead atoms. The van der Waals surface area contributed by atoms with Gasteiger partial charge in [-0.1, -0.05) is 24.3 Å². The van der Waals surface area contributed by atoms with Gasteiger partial charge in [-0.2, -0.15) is 0 Å². The Morgan fingerprint density at radius 1 is 1.33 bits per heavy atom. The number of nitrogens with zero attached hydrogens (tertiary/aromatic N) is 2. The lowest BCUT2D eigenvalue weighted by Gasteiger charge is -2.32. The van der Waals surface area contributed by atoms with Crippen LogP contribution in [0.2, 0.25) is 0 Å². The molecule has 1 aromatic heterocycles. The van der Waals surface area contributed by atoms with Crippen LogP contribution in [0, 0.1) is 0 Å². The molecule has 24 heavy (non-hydrogen) atoms. The van der Waals surface area contributed by atoms with E-state index in [-0.39, 0.29) is 6.03 Å².